The van der Waals surface area contributed by atoms with Gasteiger partial charge in [-0.15, -0.1) is 0 Å². The molecule has 130 valence electrons. The number of aliphatic hydroxyl groups excluding tert-OH is 1. The molecule has 0 bridgehead atoms. The first-order valence-electron chi connectivity index (χ1n) is 8.64. The van der Waals surface area contributed by atoms with Crippen LogP contribution in [0.1, 0.15) is 40.0 Å². The van der Waals surface area contributed by atoms with Crippen molar-refractivity contribution >= 4 is 5.69 Å². The molecule has 2 aromatic carbocycles. The molecular weight excluding hydrogens is 310 g/mol. The molecule has 0 aliphatic rings. The van der Waals surface area contributed by atoms with Gasteiger partial charge in [0.05, 0.1) is 6.26 Å². The fourth-order valence-corrected chi connectivity index (χ4v) is 3.44. The van der Waals surface area contributed by atoms with E-state index in [1.165, 1.54) is 16.7 Å². The molecule has 0 saturated heterocycles. The Bertz CT molecular complexity index is 786. The third kappa shape index (κ3) is 3.94. The molecule has 3 heteroatoms. The highest BCUT2D eigenvalue weighted by molar-refractivity contribution is 5.58. The van der Waals surface area contributed by atoms with Gasteiger partial charge in [0.15, 0.2) is 0 Å². The van der Waals surface area contributed by atoms with Crippen molar-refractivity contribution < 1.29 is 9.52 Å². The van der Waals surface area contributed by atoms with Crippen LogP contribution in [0.5, 0.6) is 0 Å². The second-order valence-electron chi connectivity index (χ2n) is 6.63. The Hall–Kier alpha value is -2.52. The van der Waals surface area contributed by atoms with E-state index in [1.807, 2.05) is 42.5 Å². The number of anilines is 1. The molecule has 3 aromatic rings. The zero-order valence-electron chi connectivity index (χ0n) is 15.0. The number of hydrogen-bond donors (Lipinski definition) is 2. The molecule has 0 radical (unpaired) electrons. The van der Waals surface area contributed by atoms with Gasteiger partial charge in [-0.25, -0.2) is 0 Å². The van der Waals surface area contributed by atoms with Crippen molar-refractivity contribution in [3.8, 4) is 0 Å². The summed E-state index contributed by atoms with van der Waals surface area (Å²) in [6.45, 7) is 6.96. The van der Waals surface area contributed by atoms with Crippen LogP contribution in [0.3, 0.4) is 0 Å². The fourth-order valence-electron chi connectivity index (χ4n) is 3.44. The number of benzene rings is 2. The molecule has 3 nitrogen and oxygen atoms in total. The Morgan fingerprint density at radius 3 is 2.24 bits per heavy atom. The van der Waals surface area contributed by atoms with Crippen LogP contribution < -0.4 is 5.32 Å². The predicted molar refractivity (Wildman–Crippen MR) is 102 cm³/mol. The molecule has 0 aliphatic carbocycles. The van der Waals surface area contributed by atoms with E-state index >= 15 is 0 Å². The maximum atomic E-state index is 10.8. The minimum atomic E-state index is -0.698. The molecule has 2 unspecified atom stereocenters. The Kier molecular flexibility index (Phi) is 5.25. The minimum Gasteiger partial charge on any atom is -0.467 e. The fraction of sp³-hybridized carbons (Fsp3) is 0.273. The maximum Gasteiger partial charge on any atom is 0.132 e. The van der Waals surface area contributed by atoms with Crippen molar-refractivity contribution in [3.05, 3.63) is 88.9 Å². The summed E-state index contributed by atoms with van der Waals surface area (Å²) < 4.78 is 5.44. The second kappa shape index (κ2) is 7.58. The van der Waals surface area contributed by atoms with Gasteiger partial charge in [-0.3, -0.25) is 0 Å². The smallest absolute Gasteiger partial charge is 0.132 e. The summed E-state index contributed by atoms with van der Waals surface area (Å²) in [6, 6.07) is 18.1. The van der Waals surface area contributed by atoms with Crippen LogP contribution in [0.15, 0.2) is 65.3 Å². The van der Waals surface area contributed by atoms with Crippen LogP contribution in [0, 0.1) is 20.8 Å². The quantitative estimate of drug-likeness (QED) is 0.656. The van der Waals surface area contributed by atoms with E-state index < -0.39 is 6.10 Å². The van der Waals surface area contributed by atoms with Gasteiger partial charge in [-0.1, -0.05) is 48.0 Å². The third-order valence-corrected chi connectivity index (χ3v) is 4.62. The minimum absolute atomic E-state index is 0.104. The van der Waals surface area contributed by atoms with Gasteiger partial charge in [0.25, 0.3) is 0 Å². The van der Waals surface area contributed by atoms with Gasteiger partial charge >= 0.3 is 0 Å². The van der Waals surface area contributed by atoms with Gasteiger partial charge in [0, 0.05) is 18.2 Å². The topological polar surface area (TPSA) is 45.4 Å². The molecule has 1 aromatic heterocycles. The summed E-state index contributed by atoms with van der Waals surface area (Å²) in [5.74, 6) is 0.487. The van der Waals surface area contributed by atoms with E-state index in [0.29, 0.717) is 12.3 Å². The number of aryl methyl sites for hydroxylation is 3. The van der Waals surface area contributed by atoms with E-state index in [2.05, 4.69) is 38.2 Å². The Balaban J connectivity index is 1.86. The highest BCUT2D eigenvalue weighted by atomic mass is 16.4. The lowest BCUT2D eigenvalue weighted by Crippen LogP contribution is -2.20. The first-order chi connectivity index (χ1) is 12.1. The van der Waals surface area contributed by atoms with E-state index in [0.717, 1.165) is 11.3 Å². The van der Waals surface area contributed by atoms with E-state index in [9.17, 15) is 5.11 Å². The number of nitrogens with one attached hydrogen (secondary N) is 1. The molecule has 25 heavy (non-hydrogen) atoms. The monoisotopic (exact) mass is 335 g/mol. The Morgan fingerprint density at radius 1 is 0.960 bits per heavy atom. The summed E-state index contributed by atoms with van der Waals surface area (Å²) in [7, 11) is 0. The second-order valence-corrected chi connectivity index (χ2v) is 6.63. The molecule has 0 aliphatic heterocycles. The zero-order chi connectivity index (χ0) is 17.8. The van der Waals surface area contributed by atoms with Crippen LogP contribution in [0.25, 0.3) is 0 Å². The van der Waals surface area contributed by atoms with Gasteiger partial charge < -0.3 is 14.8 Å². The molecule has 0 spiro atoms. The highest BCUT2D eigenvalue weighted by Gasteiger charge is 2.25. The van der Waals surface area contributed by atoms with Crippen molar-refractivity contribution in [3.63, 3.8) is 0 Å². The largest absolute Gasteiger partial charge is 0.467 e. The molecule has 3 rings (SSSR count). The summed E-state index contributed by atoms with van der Waals surface area (Å²) >= 11 is 0. The van der Waals surface area contributed by atoms with Crippen molar-refractivity contribution in [2.24, 2.45) is 0 Å². The Labute approximate surface area is 149 Å². The van der Waals surface area contributed by atoms with Crippen LogP contribution in [0.2, 0.25) is 0 Å². The number of rotatable bonds is 6. The SMILES string of the molecule is Cc1cc(C)c(NCC(c2ccccc2)C(O)c2ccco2)c(C)c1. The van der Waals surface area contributed by atoms with Crippen LogP contribution in [-0.4, -0.2) is 11.7 Å². The van der Waals surface area contributed by atoms with E-state index in [-0.39, 0.29) is 5.92 Å². The lowest BCUT2D eigenvalue weighted by atomic mass is 9.91. The predicted octanol–water partition coefficient (Wildman–Crippen LogP) is 5.13. The molecule has 0 fully saturated rings. The number of furan rings is 1. The summed E-state index contributed by atoms with van der Waals surface area (Å²) in [6.07, 6.45) is 0.901. The lowest BCUT2D eigenvalue weighted by Gasteiger charge is -2.24. The average Bonchev–Trinajstić information content (AvgIpc) is 3.12. The van der Waals surface area contributed by atoms with Gasteiger partial charge in [0.1, 0.15) is 11.9 Å². The lowest BCUT2D eigenvalue weighted by molar-refractivity contribution is 0.123. The molecule has 2 atom stereocenters. The first-order valence-corrected chi connectivity index (χ1v) is 8.64. The number of aliphatic hydroxyl groups is 1. The Morgan fingerprint density at radius 2 is 1.64 bits per heavy atom. The standard InChI is InChI=1S/C22H25NO2/c1-15-12-16(2)21(17(3)13-15)23-14-19(18-8-5-4-6-9-18)22(24)20-10-7-11-25-20/h4-13,19,22-24H,14H2,1-3H3. The molecule has 0 saturated carbocycles. The molecule has 1 heterocycles. The zero-order valence-corrected chi connectivity index (χ0v) is 15.0. The van der Waals surface area contributed by atoms with Crippen molar-refractivity contribution in [1.82, 2.24) is 0 Å². The van der Waals surface area contributed by atoms with E-state index in [4.69, 9.17) is 4.42 Å². The first kappa shape index (κ1) is 17.3. The van der Waals surface area contributed by atoms with Gasteiger partial charge in [0.2, 0.25) is 0 Å². The van der Waals surface area contributed by atoms with Crippen molar-refractivity contribution in [2.45, 2.75) is 32.8 Å². The van der Waals surface area contributed by atoms with Crippen molar-refractivity contribution in [1.29, 1.82) is 0 Å². The normalized spacial score (nSPS) is 13.4. The third-order valence-electron chi connectivity index (χ3n) is 4.62. The summed E-state index contributed by atoms with van der Waals surface area (Å²) in [5.41, 5.74) is 5.92. The maximum absolute atomic E-state index is 10.8. The average molecular weight is 335 g/mol. The van der Waals surface area contributed by atoms with Crippen LogP contribution in [-0.2, 0) is 0 Å². The van der Waals surface area contributed by atoms with Crippen LogP contribution >= 0.6 is 0 Å². The number of hydrogen-bond acceptors (Lipinski definition) is 3. The van der Waals surface area contributed by atoms with Crippen molar-refractivity contribution in [2.75, 3.05) is 11.9 Å². The van der Waals surface area contributed by atoms with Gasteiger partial charge in [-0.2, -0.15) is 0 Å². The molecule has 0 amide bonds. The van der Waals surface area contributed by atoms with Crippen LogP contribution in [0.4, 0.5) is 5.69 Å². The summed E-state index contributed by atoms with van der Waals surface area (Å²) in [4.78, 5) is 0. The highest BCUT2D eigenvalue weighted by Crippen LogP contribution is 2.32. The van der Waals surface area contributed by atoms with Gasteiger partial charge in [-0.05, 0) is 49.6 Å². The summed E-state index contributed by atoms with van der Waals surface area (Å²) in [5, 5.41) is 14.4. The van der Waals surface area contributed by atoms with E-state index in [1.54, 1.807) is 6.26 Å². The molecular formula is C22H25NO2. The molecule has 2 N–H and O–H groups in total.